The van der Waals surface area contributed by atoms with E-state index in [2.05, 4.69) is 25.9 Å². The number of anilines is 1. The highest BCUT2D eigenvalue weighted by Crippen LogP contribution is 2.50. The molecule has 0 radical (unpaired) electrons. The third kappa shape index (κ3) is 7.25. The summed E-state index contributed by atoms with van der Waals surface area (Å²) in [5.74, 6) is 2.05. The van der Waals surface area contributed by atoms with Crippen LogP contribution in [0.25, 0.3) is 22.2 Å². The number of para-hydroxylation sites is 2. The number of rotatable bonds is 13. The van der Waals surface area contributed by atoms with Gasteiger partial charge in [-0.05, 0) is 72.7 Å². The summed E-state index contributed by atoms with van der Waals surface area (Å²) in [6.45, 7) is 2.41. The van der Waals surface area contributed by atoms with Crippen molar-refractivity contribution in [2.45, 2.75) is 58.0 Å². The van der Waals surface area contributed by atoms with Crippen molar-refractivity contribution in [3.63, 3.8) is 0 Å². The number of nitrogens with one attached hydrogen (secondary N) is 4. The zero-order valence-corrected chi connectivity index (χ0v) is 26.7. The molecule has 242 valence electrons. The molecule has 11 heteroatoms. The molecule has 0 aliphatic heterocycles. The largest absolute Gasteiger partial charge is 0.493 e. The summed E-state index contributed by atoms with van der Waals surface area (Å²) in [5.41, 5.74) is 5.38. The average Bonchev–Trinajstić information content (AvgIpc) is 3.33. The van der Waals surface area contributed by atoms with Gasteiger partial charge in [0.2, 0.25) is 23.0 Å². The number of aryl methyl sites for hydroxylation is 1. The smallest absolute Gasteiger partial charge is 0.220 e. The Morgan fingerprint density at radius 2 is 1.78 bits per heavy atom. The first kappa shape index (κ1) is 32.3. The van der Waals surface area contributed by atoms with Crippen LogP contribution < -0.4 is 35.6 Å². The normalized spacial score (nSPS) is 13.6. The number of carbonyl (C=O) groups excluding carboxylic acids is 2. The summed E-state index contributed by atoms with van der Waals surface area (Å²) < 4.78 is 17.1. The Hall–Kier alpha value is -5.06. The lowest BCUT2D eigenvalue weighted by Gasteiger charge is -2.19. The van der Waals surface area contributed by atoms with Gasteiger partial charge in [-0.25, -0.2) is 4.98 Å². The standard InChI is InChI=1S/C35H41N5O6/c1-21(41)38-25-15-13-22-18-30(44-2)34(45-3)35(46-4)33(22)23-14-16-28(29(42)19-24(23)25)36-17-9-5-6-12-32(43)37-20-31-39-26-10-7-8-11-27(26)40-31/h7-8,10-11,14,16,18-19,25H,5-6,9,12-13,15,17,20H2,1-4H3,(H,36,42)(H,37,43)(H,38,41)(H,39,40). The van der Waals surface area contributed by atoms with Crippen molar-refractivity contribution in [2.24, 2.45) is 0 Å². The molecule has 0 spiro atoms. The number of fused-ring (bicyclic) bond motifs is 4. The van der Waals surface area contributed by atoms with E-state index in [0.29, 0.717) is 60.9 Å². The van der Waals surface area contributed by atoms with Crippen molar-refractivity contribution in [3.05, 3.63) is 75.7 Å². The molecule has 1 heterocycles. The molecule has 5 rings (SSSR count). The van der Waals surface area contributed by atoms with Gasteiger partial charge in [-0.1, -0.05) is 24.6 Å². The molecule has 0 saturated carbocycles. The van der Waals surface area contributed by atoms with Crippen molar-refractivity contribution in [3.8, 4) is 28.4 Å². The van der Waals surface area contributed by atoms with Crippen LogP contribution in [-0.2, 0) is 22.6 Å². The fraction of sp³-hybridized carbons (Fsp3) is 0.371. The lowest BCUT2D eigenvalue weighted by Crippen LogP contribution is -2.26. The monoisotopic (exact) mass is 627 g/mol. The maximum Gasteiger partial charge on any atom is 0.220 e. The van der Waals surface area contributed by atoms with Crippen molar-refractivity contribution < 1.29 is 23.8 Å². The summed E-state index contributed by atoms with van der Waals surface area (Å²) >= 11 is 0. The number of H-pyrrole nitrogens is 1. The molecule has 0 saturated heterocycles. The highest BCUT2D eigenvalue weighted by Gasteiger charge is 2.29. The number of hydrogen-bond donors (Lipinski definition) is 4. The van der Waals surface area contributed by atoms with E-state index >= 15 is 0 Å². The van der Waals surface area contributed by atoms with Gasteiger partial charge in [-0.2, -0.15) is 0 Å². The molecular formula is C35H41N5O6. The van der Waals surface area contributed by atoms with Crippen LogP contribution in [0.15, 0.2) is 53.3 Å². The molecule has 3 aromatic carbocycles. The van der Waals surface area contributed by atoms with E-state index < -0.39 is 0 Å². The zero-order chi connectivity index (χ0) is 32.6. The second kappa shape index (κ2) is 14.8. The van der Waals surface area contributed by atoms with Gasteiger partial charge in [-0.15, -0.1) is 0 Å². The van der Waals surface area contributed by atoms with Crippen molar-refractivity contribution in [1.29, 1.82) is 0 Å². The first-order valence-corrected chi connectivity index (χ1v) is 15.5. The lowest BCUT2D eigenvalue weighted by molar-refractivity contribution is -0.121. The lowest BCUT2D eigenvalue weighted by atomic mass is 9.95. The van der Waals surface area contributed by atoms with Crippen LogP contribution in [0.3, 0.4) is 0 Å². The Morgan fingerprint density at radius 1 is 0.978 bits per heavy atom. The molecule has 2 amide bonds. The number of aromatic amines is 1. The molecular weight excluding hydrogens is 586 g/mol. The summed E-state index contributed by atoms with van der Waals surface area (Å²) in [6, 6.07) is 14.6. The minimum Gasteiger partial charge on any atom is -0.493 e. The number of benzene rings is 2. The molecule has 1 unspecified atom stereocenters. The quantitative estimate of drug-likeness (QED) is 0.151. The maximum absolute atomic E-state index is 13.5. The Bertz CT molecular complexity index is 1750. The second-order valence-electron chi connectivity index (χ2n) is 11.3. The number of hydrogen-bond acceptors (Lipinski definition) is 8. The van der Waals surface area contributed by atoms with Crippen molar-refractivity contribution >= 4 is 28.5 Å². The van der Waals surface area contributed by atoms with Crippen LogP contribution in [0.1, 0.15) is 62.0 Å². The number of imidazole rings is 1. The molecule has 4 N–H and O–H groups in total. The summed E-state index contributed by atoms with van der Waals surface area (Å²) in [7, 11) is 4.71. The van der Waals surface area contributed by atoms with Gasteiger partial charge in [-0.3, -0.25) is 14.4 Å². The molecule has 0 fully saturated rings. The molecule has 4 aromatic rings. The van der Waals surface area contributed by atoms with Gasteiger partial charge >= 0.3 is 0 Å². The molecule has 0 bridgehead atoms. The molecule has 1 aliphatic rings. The Labute approximate surface area is 268 Å². The van der Waals surface area contributed by atoms with Gasteiger partial charge in [0.1, 0.15) is 5.82 Å². The van der Waals surface area contributed by atoms with E-state index in [-0.39, 0.29) is 23.3 Å². The van der Waals surface area contributed by atoms with E-state index in [1.165, 1.54) is 6.92 Å². The van der Waals surface area contributed by atoms with Crippen LogP contribution in [0.5, 0.6) is 17.2 Å². The summed E-state index contributed by atoms with van der Waals surface area (Å²) in [4.78, 5) is 45.7. The number of aromatic nitrogens is 2. The third-order valence-electron chi connectivity index (χ3n) is 8.20. The Balaban J connectivity index is 1.24. The van der Waals surface area contributed by atoms with E-state index in [0.717, 1.165) is 52.8 Å². The van der Waals surface area contributed by atoms with Crippen molar-refractivity contribution in [1.82, 2.24) is 20.6 Å². The second-order valence-corrected chi connectivity index (χ2v) is 11.3. The SMILES string of the molecule is COc1cc2c(c(OC)c1OC)-c1ccc(NCCCCCC(=O)NCc3nc4ccccc4[nH]3)c(=O)cc1C(NC(C)=O)CC2. The summed E-state index contributed by atoms with van der Waals surface area (Å²) in [6.07, 6.45) is 3.99. The van der Waals surface area contributed by atoms with Crippen LogP contribution in [-0.4, -0.2) is 49.7 Å². The average molecular weight is 628 g/mol. The van der Waals surface area contributed by atoms with Crippen LogP contribution in [0.2, 0.25) is 0 Å². The predicted molar refractivity (Wildman–Crippen MR) is 178 cm³/mol. The Kier molecular flexibility index (Phi) is 10.4. The first-order valence-electron chi connectivity index (χ1n) is 15.5. The fourth-order valence-corrected chi connectivity index (χ4v) is 6.02. The van der Waals surface area contributed by atoms with Crippen LogP contribution in [0, 0.1) is 0 Å². The van der Waals surface area contributed by atoms with E-state index in [1.807, 2.05) is 36.4 Å². The van der Waals surface area contributed by atoms with Crippen LogP contribution >= 0.6 is 0 Å². The number of unbranched alkanes of at least 4 members (excludes halogenated alkanes) is 2. The highest BCUT2D eigenvalue weighted by atomic mass is 16.5. The molecule has 1 aliphatic carbocycles. The van der Waals surface area contributed by atoms with Crippen LogP contribution in [0.4, 0.5) is 5.69 Å². The molecule has 11 nitrogen and oxygen atoms in total. The van der Waals surface area contributed by atoms with Gasteiger partial charge < -0.3 is 35.1 Å². The minimum absolute atomic E-state index is 0.0227. The number of methoxy groups -OCH3 is 3. The molecule has 1 atom stereocenters. The van der Waals surface area contributed by atoms with E-state index in [1.54, 1.807) is 33.5 Å². The van der Waals surface area contributed by atoms with Gasteiger partial charge in [0.05, 0.1) is 50.6 Å². The topological polar surface area (TPSA) is 144 Å². The van der Waals surface area contributed by atoms with Crippen molar-refractivity contribution in [2.75, 3.05) is 33.2 Å². The first-order chi connectivity index (χ1) is 22.3. The molecule has 46 heavy (non-hydrogen) atoms. The number of amides is 2. The van der Waals surface area contributed by atoms with E-state index in [4.69, 9.17) is 14.2 Å². The zero-order valence-electron chi connectivity index (χ0n) is 26.7. The number of carbonyl (C=O) groups is 2. The predicted octanol–water partition coefficient (Wildman–Crippen LogP) is 5.03. The number of ether oxygens (including phenoxy) is 3. The van der Waals surface area contributed by atoms with Gasteiger partial charge in [0.25, 0.3) is 0 Å². The van der Waals surface area contributed by atoms with Gasteiger partial charge in [0.15, 0.2) is 11.5 Å². The third-order valence-corrected chi connectivity index (χ3v) is 8.20. The minimum atomic E-state index is -0.368. The number of nitrogens with zero attached hydrogens (tertiary/aromatic N) is 1. The van der Waals surface area contributed by atoms with E-state index in [9.17, 15) is 14.4 Å². The summed E-state index contributed by atoms with van der Waals surface area (Å²) in [5, 5.41) is 9.23. The highest BCUT2D eigenvalue weighted by molar-refractivity contribution is 5.84. The van der Waals surface area contributed by atoms with Gasteiger partial charge in [0, 0.05) is 25.5 Å². The fourth-order valence-electron chi connectivity index (χ4n) is 6.02. The molecule has 1 aromatic heterocycles. The Morgan fingerprint density at radius 3 is 2.52 bits per heavy atom. The maximum atomic E-state index is 13.5.